The van der Waals surface area contributed by atoms with Gasteiger partial charge in [-0.3, -0.25) is 14.9 Å². The van der Waals surface area contributed by atoms with Gasteiger partial charge in [-0.2, -0.15) is 0 Å². The Bertz CT molecular complexity index is 677. The Morgan fingerprint density at radius 2 is 1.77 bits per heavy atom. The topological polar surface area (TPSA) is 102 Å². The van der Waals surface area contributed by atoms with Crippen molar-refractivity contribution >= 4 is 17.7 Å². The van der Waals surface area contributed by atoms with E-state index in [1.54, 1.807) is 36.6 Å². The highest BCUT2D eigenvalue weighted by molar-refractivity contribution is 5.78. The SMILES string of the molecule is CC(C)(C)OC(=O)N1CCN(C(=O)COc2cccc([N+](=O)[O-])c2)CC1. The van der Waals surface area contributed by atoms with Crippen LogP contribution < -0.4 is 4.74 Å². The first-order chi connectivity index (χ1) is 12.2. The fourth-order valence-corrected chi connectivity index (χ4v) is 2.39. The molecule has 0 aliphatic carbocycles. The molecule has 1 aromatic carbocycles. The third-order valence-electron chi connectivity index (χ3n) is 3.67. The van der Waals surface area contributed by atoms with Crippen molar-refractivity contribution in [3.63, 3.8) is 0 Å². The van der Waals surface area contributed by atoms with Crippen molar-refractivity contribution in [1.82, 2.24) is 9.80 Å². The zero-order valence-corrected chi connectivity index (χ0v) is 15.1. The molecule has 0 unspecified atom stereocenters. The van der Waals surface area contributed by atoms with Crippen molar-refractivity contribution in [1.29, 1.82) is 0 Å². The third kappa shape index (κ3) is 5.61. The van der Waals surface area contributed by atoms with Gasteiger partial charge in [-0.05, 0) is 26.8 Å². The second-order valence-corrected chi connectivity index (χ2v) is 6.89. The molecule has 1 aliphatic heterocycles. The van der Waals surface area contributed by atoms with Gasteiger partial charge in [-0.1, -0.05) is 6.07 Å². The number of nitro benzene ring substituents is 1. The van der Waals surface area contributed by atoms with Crippen LogP contribution in [0.3, 0.4) is 0 Å². The lowest BCUT2D eigenvalue weighted by Crippen LogP contribution is -2.52. The molecular weight excluding hydrogens is 342 g/mol. The fraction of sp³-hybridized carbons (Fsp3) is 0.529. The largest absolute Gasteiger partial charge is 0.484 e. The van der Waals surface area contributed by atoms with Crippen LogP contribution in [-0.4, -0.2) is 65.1 Å². The summed E-state index contributed by atoms with van der Waals surface area (Å²) in [7, 11) is 0. The van der Waals surface area contributed by atoms with Gasteiger partial charge in [0.1, 0.15) is 11.4 Å². The highest BCUT2D eigenvalue weighted by atomic mass is 16.6. The van der Waals surface area contributed by atoms with Crippen LogP contribution in [0.15, 0.2) is 24.3 Å². The number of hydrogen-bond donors (Lipinski definition) is 0. The molecule has 0 radical (unpaired) electrons. The smallest absolute Gasteiger partial charge is 0.410 e. The van der Waals surface area contributed by atoms with Crippen LogP contribution in [0.4, 0.5) is 10.5 Å². The summed E-state index contributed by atoms with van der Waals surface area (Å²) in [5.41, 5.74) is -0.656. The zero-order valence-electron chi connectivity index (χ0n) is 15.1. The molecule has 1 aliphatic rings. The summed E-state index contributed by atoms with van der Waals surface area (Å²) in [6.07, 6.45) is -0.391. The molecule has 2 rings (SSSR count). The van der Waals surface area contributed by atoms with Gasteiger partial charge in [-0.15, -0.1) is 0 Å². The number of piperazine rings is 1. The lowest BCUT2D eigenvalue weighted by atomic mass is 10.2. The minimum absolute atomic E-state index is 0.0964. The molecule has 0 saturated carbocycles. The normalized spacial score (nSPS) is 14.7. The van der Waals surface area contributed by atoms with Crippen molar-refractivity contribution in [2.75, 3.05) is 32.8 Å². The minimum atomic E-state index is -0.559. The first-order valence-electron chi connectivity index (χ1n) is 8.29. The van der Waals surface area contributed by atoms with Crippen LogP contribution >= 0.6 is 0 Å². The Labute approximate surface area is 151 Å². The van der Waals surface area contributed by atoms with Crippen LogP contribution in [0.1, 0.15) is 20.8 Å². The summed E-state index contributed by atoms with van der Waals surface area (Å²) in [5.74, 6) is 0.0280. The lowest BCUT2D eigenvalue weighted by molar-refractivity contribution is -0.384. The van der Waals surface area contributed by atoms with Gasteiger partial charge < -0.3 is 19.3 Å². The van der Waals surface area contributed by atoms with Crippen molar-refractivity contribution in [2.45, 2.75) is 26.4 Å². The van der Waals surface area contributed by atoms with Crippen LogP contribution in [0, 0.1) is 10.1 Å². The number of ether oxygens (including phenoxy) is 2. The number of nitro groups is 1. The molecule has 26 heavy (non-hydrogen) atoms. The van der Waals surface area contributed by atoms with E-state index in [-0.39, 0.29) is 24.0 Å². The van der Waals surface area contributed by atoms with Crippen molar-refractivity contribution < 1.29 is 24.0 Å². The standard InChI is InChI=1S/C17H23N3O6/c1-17(2,3)26-16(22)19-9-7-18(8-10-19)15(21)12-25-14-6-4-5-13(11-14)20(23)24/h4-6,11H,7-10,12H2,1-3H3. The van der Waals surface area contributed by atoms with Crippen LogP contribution in [0.25, 0.3) is 0 Å². The molecule has 0 bridgehead atoms. The first kappa shape index (κ1) is 19.5. The zero-order chi connectivity index (χ0) is 19.3. The minimum Gasteiger partial charge on any atom is -0.484 e. The molecule has 9 nitrogen and oxygen atoms in total. The summed E-state index contributed by atoms with van der Waals surface area (Å²) in [6.45, 7) is 6.73. The highest BCUT2D eigenvalue weighted by Crippen LogP contribution is 2.19. The second kappa shape index (κ2) is 8.03. The van der Waals surface area contributed by atoms with Gasteiger partial charge >= 0.3 is 6.09 Å². The number of carbonyl (C=O) groups is 2. The summed E-state index contributed by atoms with van der Waals surface area (Å²) in [6, 6.07) is 5.68. The molecule has 0 spiro atoms. The predicted molar refractivity (Wildman–Crippen MR) is 93.0 cm³/mol. The van der Waals surface area contributed by atoms with Crippen molar-refractivity contribution in [3.05, 3.63) is 34.4 Å². The number of rotatable bonds is 4. The maximum absolute atomic E-state index is 12.2. The Morgan fingerprint density at radius 3 is 2.35 bits per heavy atom. The van der Waals surface area contributed by atoms with E-state index in [2.05, 4.69) is 0 Å². The fourth-order valence-electron chi connectivity index (χ4n) is 2.39. The van der Waals surface area contributed by atoms with Crippen LogP contribution in [-0.2, 0) is 9.53 Å². The van der Waals surface area contributed by atoms with E-state index in [9.17, 15) is 19.7 Å². The van der Waals surface area contributed by atoms with Crippen molar-refractivity contribution in [2.24, 2.45) is 0 Å². The van der Waals surface area contributed by atoms with Crippen LogP contribution in [0.5, 0.6) is 5.75 Å². The molecule has 9 heteroatoms. The van der Waals surface area contributed by atoms with Gasteiger partial charge in [0.05, 0.1) is 11.0 Å². The summed E-state index contributed by atoms with van der Waals surface area (Å²) in [5, 5.41) is 10.7. The molecule has 0 N–H and O–H groups in total. The number of nitrogens with zero attached hydrogens (tertiary/aromatic N) is 3. The summed E-state index contributed by atoms with van der Waals surface area (Å²) >= 11 is 0. The number of non-ortho nitro benzene ring substituents is 1. The number of carbonyl (C=O) groups excluding carboxylic acids is 2. The van der Waals surface area contributed by atoms with Crippen molar-refractivity contribution in [3.8, 4) is 5.75 Å². The van der Waals surface area contributed by atoms with E-state index in [4.69, 9.17) is 9.47 Å². The van der Waals surface area contributed by atoms with Gasteiger partial charge in [0.15, 0.2) is 6.61 Å². The van der Waals surface area contributed by atoms with Gasteiger partial charge in [0.25, 0.3) is 11.6 Å². The molecule has 142 valence electrons. The number of hydrogen-bond acceptors (Lipinski definition) is 6. The molecular formula is C17H23N3O6. The van der Waals surface area contributed by atoms with Crippen LogP contribution in [0.2, 0.25) is 0 Å². The Kier molecular flexibility index (Phi) is 6.01. The third-order valence-corrected chi connectivity index (χ3v) is 3.67. The Balaban J connectivity index is 1.80. The monoisotopic (exact) mass is 365 g/mol. The number of amides is 2. The Morgan fingerprint density at radius 1 is 1.15 bits per heavy atom. The lowest BCUT2D eigenvalue weighted by Gasteiger charge is -2.35. The second-order valence-electron chi connectivity index (χ2n) is 6.89. The molecule has 1 heterocycles. The average molecular weight is 365 g/mol. The predicted octanol–water partition coefficient (Wildman–Crippen LogP) is 2.05. The molecule has 0 aromatic heterocycles. The number of benzene rings is 1. The molecule has 1 saturated heterocycles. The molecule has 0 atom stereocenters. The van der Waals surface area contributed by atoms with E-state index < -0.39 is 16.6 Å². The van der Waals surface area contributed by atoms with E-state index in [0.717, 1.165) is 0 Å². The van der Waals surface area contributed by atoms with Gasteiger partial charge in [-0.25, -0.2) is 4.79 Å². The van der Waals surface area contributed by atoms with E-state index in [0.29, 0.717) is 26.2 Å². The molecule has 1 fully saturated rings. The molecule has 2 amide bonds. The maximum atomic E-state index is 12.2. The summed E-state index contributed by atoms with van der Waals surface area (Å²) < 4.78 is 10.7. The van der Waals surface area contributed by atoms with E-state index >= 15 is 0 Å². The Hall–Kier alpha value is -2.84. The van der Waals surface area contributed by atoms with E-state index in [1.165, 1.54) is 18.2 Å². The molecule has 1 aromatic rings. The first-order valence-corrected chi connectivity index (χ1v) is 8.29. The van der Waals surface area contributed by atoms with Gasteiger partial charge in [0.2, 0.25) is 0 Å². The summed E-state index contributed by atoms with van der Waals surface area (Å²) in [4.78, 5) is 37.6. The maximum Gasteiger partial charge on any atom is 0.410 e. The average Bonchev–Trinajstić information content (AvgIpc) is 2.58. The highest BCUT2D eigenvalue weighted by Gasteiger charge is 2.27. The van der Waals surface area contributed by atoms with Gasteiger partial charge in [0, 0.05) is 32.2 Å². The van der Waals surface area contributed by atoms with E-state index in [1.807, 2.05) is 0 Å². The quantitative estimate of drug-likeness (QED) is 0.598.